The molecule has 0 aromatic heterocycles. The molecule has 1 aliphatic heterocycles. The van der Waals surface area contributed by atoms with Gasteiger partial charge in [-0.1, -0.05) is 0 Å². The Morgan fingerprint density at radius 3 is 2.31 bits per heavy atom. The van der Waals surface area contributed by atoms with Crippen molar-refractivity contribution < 1.29 is 14.6 Å². The molecule has 0 bridgehead atoms. The zero-order chi connectivity index (χ0) is 10.2. The van der Waals surface area contributed by atoms with Crippen LogP contribution in [0.3, 0.4) is 0 Å². The molecule has 1 N–H and O–H groups in total. The highest BCUT2D eigenvalue weighted by Crippen LogP contribution is 2.45. The minimum absolute atomic E-state index is 0.135. The van der Waals surface area contributed by atoms with Crippen molar-refractivity contribution in [1.82, 2.24) is 0 Å². The molecule has 0 radical (unpaired) electrons. The Labute approximate surface area is 97.8 Å². The topological polar surface area (TPSA) is 38.7 Å². The smallest absolute Gasteiger partial charge is 0.296 e. The maximum Gasteiger partial charge on any atom is 0.296 e. The van der Waals surface area contributed by atoms with Crippen molar-refractivity contribution in [1.29, 1.82) is 0 Å². The van der Waals surface area contributed by atoms with E-state index in [0.29, 0.717) is 4.91 Å². The van der Waals surface area contributed by atoms with Crippen LogP contribution in [0, 0.1) is 0 Å². The highest BCUT2D eigenvalue weighted by molar-refractivity contribution is 7.92. The second-order valence-electron chi connectivity index (χ2n) is 2.26. The van der Waals surface area contributed by atoms with E-state index in [-0.39, 0.29) is 15.9 Å². The molecule has 0 saturated heterocycles. The summed E-state index contributed by atoms with van der Waals surface area (Å²) in [6.45, 7) is 0. The standard InChI is InChI=1S/C6H8O3S4/c1-8-6(13)2(10)4(7)9-5(12)3(6)11/h7,10-13H,1H3. The average Bonchev–Trinajstić information content (AvgIpc) is 2.12. The second kappa shape index (κ2) is 3.90. The largest absolute Gasteiger partial charge is 0.480 e. The summed E-state index contributed by atoms with van der Waals surface area (Å²) in [5.74, 6) is -0.386. The van der Waals surface area contributed by atoms with Crippen molar-refractivity contribution in [2.45, 2.75) is 4.93 Å². The molecule has 1 rings (SSSR count). The van der Waals surface area contributed by atoms with E-state index in [1.165, 1.54) is 7.11 Å². The Balaban J connectivity index is 3.22. The summed E-state index contributed by atoms with van der Waals surface area (Å²) in [5.41, 5.74) is 0. The van der Waals surface area contributed by atoms with Gasteiger partial charge in [0.15, 0.2) is 10.0 Å². The summed E-state index contributed by atoms with van der Waals surface area (Å²) in [4.78, 5) is -0.711. The number of methoxy groups -OCH3 is 1. The Kier molecular flexibility index (Phi) is 3.45. The second-order valence-corrected chi connectivity index (χ2v) is 4.19. The average molecular weight is 256 g/mol. The molecule has 0 fully saturated rings. The number of rotatable bonds is 1. The van der Waals surface area contributed by atoms with Gasteiger partial charge in [0.1, 0.15) is 4.91 Å². The number of aliphatic hydroxyl groups excluding tert-OH is 1. The van der Waals surface area contributed by atoms with Crippen LogP contribution in [0.4, 0.5) is 0 Å². The van der Waals surface area contributed by atoms with Crippen LogP contribution in [-0.2, 0) is 9.47 Å². The number of thiol groups is 4. The van der Waals surface area contributed by atoms with Gasteiger partial charge in [0, 0.05) is 7.11 Å². The SMILES string of the molecule is COC1(S)C(S)=C(O)OC(S)=C1S. The Hall–Kier alpha value is 0.440. The third-order valence-electron chi connectivity index (χ3n) is 1.54. The van der Waals surface area contributed by atoms with Crippen molar-refractivity contribution in [3.63, 3.8) is 0 Å². The summed E-state index contributed by atoms with van der Waals surface area (Å²) in [7, 11) is 1.42. The molecule has 1 atom stereocenters. The van der Waals surface area contributed by atoms with Gasteiger partial charge in [-0.15, -0.1) is 50.5 Å². The number of aliphatic hydroxyl groups is 1. The zero-order valence-corrected chi connectivity index (χ0v) is 10.1. The fourth-order valence-electron chi connectivity index (χ4n) is 0.784. The Morgan fingerprint density at radius 1 is 1.31 bits per heavy atom. The van der Waals surface area contributed by atoms with Crippen molar-refractivity contribution in [2.75, 3.05) is 7.11 Å². The van der Waals surface area contributed by atoms with E-state index >= 15 is 0 Å². The van der Waals surface area contributed by atoms with Crippen molar-refractivity contribution in [3.05, 3.63) is 20.8 Å². The lowest BCUT2D eigenvalue weighted by atomic mass is 10.3. The van der Waals surface area contributed by atoms with E-state index in [9.17, 15) is 5.11 Å². The van der Waals surface area contributed by atoms with E-state index in [1.54, 1.807) is 0 Å². The molecule has 0 amide bonds. The third kappa shape index (κ3) is 1.80. The van der Waals surface area contributed by atoms with E-state index in [0.717, 1.165) is 0 Å². The van der Waals surface area contributed by atoms with Crippen LogP contribution in [-0.4, -0.2) is 17.1 Å². The van der Waals surface area contributed by atoms with E-state index in [1.807, 2.05) is 0 Å². The van der Waals surface area contributed by atoms with Gasteiger partial charge >= 0.3 is 0 Å². The van der Waals surface area contributed by atoms with Gasteiger partial charge in [0.05, 0.1) is 4.91 Å². The summed E-state index contributed by atoms with van der Waals surface area (Å²) in [5, 5.41) is 9.40. The molecular weight excluding hydrogens is 248 g/mol. The summed E-state index contributed by atoms with van der Waals surface area (Å²) >= 11 is 16.2. The van der Waals surface area contributed by atoms with Gasteiger partial charge < -0.3 is 14.6 Å². The molecule has 3 nitrogen and oxygen atoms in total. The fraction of sp³-hybridized carbons (Fsp3) is 0.333. The fourth-order valence-corrected chi connectivity index (χ4v) is 1.90. The molecule has 0 aromatic carbocycles. The van der Waals surface area contributed by atoms with Crippen LogP contribution < -0.4 is 0 Å². The molecule has 1 aliphatic rings. The summed E-state index contributed by atoms with van der Waals surface area (Å²) in [6, 6.07) is 0. The number of hydrogen-bond donors (Lipinski definition) is 5. The lowest BCUT2D eigenvalue weighted by molar-refractivity contribution is 0.0952. The van der Waals surface area contributed by atoms with Crippen LogP contribution in [0.25, 0.3) is 0 Å². The van der Waals surface area contributed by atoms with E-state index in [2.05, 4.69) is 50.5 Å². The van der Waals surface area contributed by atoms with Crippen molar-refractivity contribution in [3.8, 4) is 0 Å². The van der Waals surface area contributed by atoms with E-state index < -0.39 is 4.93 Å². The van der Waals surface area contributed by atoms with Crippen LogP contribution in [0.15, 0.2) is 20.8 Å². The van der Waals surface area contributed by atoms with Gasteiger partial charge in [-0.25, -0.2) is 0 Å². The molecule has 0 aromatic rings. The van der Waals surface area contributed by atoms with Gasteiger partial charge in [-0.2, -0.15) is 0 Å². The number of ether oxygens (including phenoxy) is 2. The molecule has 74 valence electrons. The molecule has 13 heavy (non-hydrogen) atoms. The summed E-state index contributed by atoms with van der Waals surface area (Å²) in [6.07, 6.45) is 0. The highest BCUT2D eigenvalue weighted by atomic mass is 32.1. The predicted octanol–water partition coefficient (Wildman–Crippen LogP) is 1.97. The quantitative estimate of drug-likeness (QED) is 0.368. The molecule has 0 spiro atoms. The monoisotopic (exact) mass is 256 g/mol. The highest BCUT2D eigenvalue weighted by Gasteiger charge is 2.40. The summed E-state index contributed by atoms with van der Waals surface area (Å²) < 4.78 is 9.86. The predicted molar refractivity (Wildman–Crippen MR) is 63.4 cm³/mol. The van der Waals surface area contributed by atoms with Gasteiger partial charge in [-0.05, 0) is 0 Å². The lowest BCUT2D eigenvalue weighted by Gasteiger charge is -2.31. The first-order valence-electron chi connectivity index (χ1n) is 3.14. The van der Waals surface area contributed by atoms with Crippen LogP contribution in [0.1, 0.15) is 0 Å². The van der Waals surface area contributed by atoms with Gasteiger partial charge in [-0.3, -0.25) is 0 Å². The van der Waals surface area contributed by atoms with Gasteiger partial charge in [0.25, 0.3) is 5.95 Å². The van der Waals surface area contributed by atoms with Crippen LogP contribution >= 0.6 is 50.5 Å². The Morgan fingerprint density at radius 2 is 1.85 bits per heavy atom. The van der Waals surface area contributed by atoms with Crippen LogP contribution in [0.5, 0.6) is 0 Å². The minimum Gasteiger partial charge on any atom is -0.480 e. The normalized spacial score (nSPS) is 29.3. The number of hydrogen-bond acceptors (Lipinski definition) is 7. The minimum atomic E-state index is -1.19. The lowest BCUT2D eigenvalue weighted by Crippen LogP contribution is -2.30. The first kappa shape index (κ1) is 11.5. The molecule has 7 heteroatoms. The first-order chi connectivity index (χ1) is 5.93. The molecule has 0 aliphatic carbocycles. The third-order valence-corrected chi connectivity index (χ3v) is 4.03. The van der Waals surface area contributed by atoms with Crippen molar-refractivity contribution in [2.24, 2.45) is 0 Å². The molecule has 1 heterocycles. The zero-order valence-electron chi connectivity index (χ0n) is 6.55. The Bertz CT molecular complexity index is 272. The van der Waals surface area contributed by atoms with Crippen LogP contribution in [0.2, 0.25) is 0 Å². The molecule has 0 saturated carbocycles. The maximum absolute atomic E-state index is 9.27. The molecular formula is C6H8O3S4. The van der Waals surface area contributed by atoms with Gasteiger partial charge in [0.2, 0.25) is 0 Å². The molecule has 1 unspecified atom stereocenters. The van der Waals surface area contributed by atoms with E-state index in [4.69, 9.17) is 9.47 Å². The first-order valence-corrected chi connectivity index (χ1v) is 4.93. The maximum atomic E-state index is 9.27. The van der Waals surface area contributed by atoms with Crippen molar-refractivity contribution >= 4 is 50.5 Å².